The minimum absolute atomic E-state index is 0.359. The minimum atomic E-state index is -0.359. The van der Waals surface area contributed by atoms with Crippen LogP contribution in [-0.4, -0.2) is 22.6 Å². The molecule has 0 unspecified atom stereocenters. The van der Waals surface area contributed by atoms with Gasteiger partial charge in [0, 0.05) is 10.0 Å². The highest BCUT2D eigenvalue weighted by Crippen LogP contribution is 2.29. The molecule has 0 spiro atoms. The predicted octanol–water partition coefficient (Wildman–Crippen LogP) is 5.26. The molecule has 132 valence electrons. The summed E-state index contributed by atoms with van der Waals surface area (Å²) in [7, 11) is 1.39. The average Bonchev–Trinajstić information content (AvgIpc) is 3.31. The van der Waals surface area contributed by atoms with Crippen molar-refractivity contribution in [2.24, 2.45) is 0 Å². The number of hydrogen-bond acceptors (Lipinski definition) is 5. The van der Waals surface area contributed by atoms with Gasteiger partial charge in [-0.25, -0.2) is 9.78 Å². The van der Waals surface area contributed by atoms with E-state index in [1.165, 1.54) is 7.11 Å². The Morgan fingerprint density at radius 1 is 1.35 bits per heavy atom. The lowest BCUT2D eigenvalue weighted by molar-refractivity contribution is 0.0589. The van der Waals surface area contributed by atoms with Crippen LogP contribution in [0.15, 0.2) is 50.7 Å². The van der Waals surface area contributed by atoms with Crippen molar-refractivity contribution in [2.75, 3.05) is 7.11 Å². The molecule has 0 saturated heterocycles. The van der Waals surface area contributed by atoms with Gasteiger partial charge in [0.2, 0.25) is 5.89 Å². The topological polar surface area (TPSA) is 57.3 Å². The van der Waals surface area contributed by atoms with Gasteiger partial charge in [-0.1, -0.05) is 22.0 Å². The number of rotatable bonds is 4. The van der Waals surface area contributed by atoms with Gasteiger partial charge in [-0.05, 0) is 42.6 Å². The molecular formula is C19H15BrN2O3S. The molecule has 0 bridgehead atoms. The van der Waals surface area contributed by atoms with Crippen LogP contribution in [0.2, 0.25) is 0 Å². The monoisotopic (exact) mass is 430 g/mol. The van der Waals surface area contributed by atoms with Crippen molar-refractivity contribution in [1.82, 2.24) is 9.55 Å². The first-order valence-corrected chi connectivity index (χ1v) is 9.61. The molecule has 0 amide bonds. The normalized spacial score (nSPS) is 11.2. The largest absolute Gasteiger partial charge is 0.464 e. The Labute approximate surface area is 162 Å². The number of esters is 1. The Bertz CT molecular complexity index is 1110. The number of hydrogen-bond donors (Lipinski definition) is 0. The van der Waals surface area contributed by atoms with Gasteiger partial charge in [0.1, 0.15) is 17.1 Å². The van der Waals surface area contributed by atoms with Crippen molar-refractivity contribution >= 4 is 43.5 Å². The first-order chi connectivity index (χ1) is 12.6. The van der Waals surface area contributed by atoms with Crippen LogP contribution in [0.3, 0.4) is 0 Å². The van der Waals surface area contributed by atoms with E-state index in [-0.39, 0.29) is 5.97 Å². The van der Waals surface area contributed by atoms with Crippen LogP contribution < -0.4 is 0 Å². The number of ether oxygens (including phenoxy) is 1. The molecular weight excluding hydrogens is 416 g/mol. The molecule has 26 heavy (non-hydrogen) atoms. The van der Waals surface area contributed by atoms with E-state index >= 15 is 0 Å². The van der Waals surface area contributed by atoms with E-state index in [2.05, 4.69) is 20.9 Å². The second-order valence-electron chi connectivity index (χ2n) is 5.81. The van der Waals surface area contributed by atoms with Gasteiger partial charge in [-0.3, -0.25) is 0 Å². The van der Waals surface area contributed by atoms with Crippen molar-refractivity contribution in [3.8, 4) is 11.5 Å². The lowest BCUT2D eigenvalue weighted by atomic mass is 10.2. The molecule has 4 aromatic rings. The van der Waals surface area contributed by atoms with Crippen LogP contribution in [0, 0.1) is 6.92 Å². The molecule has 0 saturated carbocycles. The van der Waals surface area contributed by atoms with E-state index in [0.717, 1.165) is 31.7 Å². The molecule has 0 fully saturated rings. The molecule has 5 nitrogen and oxygen atoms in total. The zero-order valence-corrected chi connectivity index (χ0v) is 16.6. The Hall–Kier alpha value is -2.38. The molecule has 0 N–H and O–H groups in total. The first kappa shape index (κ1) is 17.1. The van der Waals surface area contributed by atoms with Crippen LogP contribution in [0.5, 0.6) is 0 Å². The molecule has 1 aromatic carbocycles. The van der Waals surface area contributed by atoms with Gasteiger partial charge in [0.05, 0.1) is 23.9 Å². The molecule has 0 radical (unpaired) electrons. The molecule has 0 atom stereocenters. The number of benzene rings is 1. The molecule has 0 aliphatic heterocycles. The van der Waals surface area contributed by atoms with Gasteiger partial charge < -0.3 is 13.7 Å². The van der Waals surface area contributed by atoms with Crippen molar-refractivity contribution in [2.45, 2.75) is 13.5 Å². The summed E-state index contributed by atoms with van der Waals surface area (Å²) in [5.41, 5.74) is 3.19. The number of halogens is 1. The Balaban J connectivity index is 1.75. The maximum atomic E-state index is 12.2. The molecule has 3 heterocycles. The molecule has 3 aromatic heterocycles. The fourth-order valence-corrected chi connectivity index (χ4v) is 4.11. The van der Waals surface area contributed by atoms with Gasteiger partial charge in [-0.2, -0.15) is 0 Å². The highest BCUT2D eigenvalue weighted by Gasteiger charge is 2.20. The third-order valence-corrected chi connectivity index (χ3v) is 5.54. The second kappa shape index (κ2) is 6.74. The van der Waals surface area contributed by atoms with Gasteiger partial charge in [0.15, 0.2) is 0 Å². The maximum absolute atomic E-state index is 12.2. The van der Waals surface area contributed by atoms with Crippen LogP contribution in [0.4, 0.5) is 0 Å². The molecule has 0 aliphatic rings. The van der Waals surface area contributed by atoms with E-state index < -0.39 is 0 Å². The van der Waals surface area contributed by atoms with Gasteiger partial charge >= 0.3 is 5.97 Å². The number of nitrogens with zero attached hydrogens (tertiary/aromatic N) is 2. The Morgan fingerprint density at radius 3 is 2.96 bits per heavy atom. The number of fused-ring (bicyclic) bond motifs is 1. The van der Waals surface area contributed by atoms with Crippen LogP contribution in [0.25, 0.3) is 21.7 Å². The van der Waals surface area contributed by atoms with E-state index in [4.69, 9.17) is 9.15 Å². The smallest absolute Gasteiger partial charge is 0.354 e. The second-order valence-corrected chi connectivity index (χ2v) is 7.67. The summed E-state index contributed by atoms with van der Waals surface area (Å²) in [5.74, 6) is 0.932. The predicted molar refractivity (Wildman–Crippen MR) is 105 cm³/mol. The van der Waals surface area contributed by atoms with Crippen molar-refractivity contribution in [3.05, 3.63) is 63.4 Å². The molecule has 7 heteroatoms. The lowest BCUT2D eigenvalue weighted by Crippen LogP contribution is -2.12. The van der Waals surface area contributed by atoms with Crippen molar-refractivity contribution in [1.29, 1.82) is 0 Å². The summed E-state index contributed by atoms with van der Waals surface area (Å²) in [4.78, 5) is 16.8. The number of oxazole rings is 1. The van der Waals surface area contributed by atoms with Crippen molar-refractivity contribution < 1.29 is 13.9 Å². The number of aryl methyl sites for hydroxylation is 1. The third-order valence-electron chi connectivity index (χ3n) is 4.19. The highest BCUT2D eigenvalue weighted by atomic mass is 79.9. The summed E-state index contributed by atoms with van der Waals surface area (Å²) < 4.78 is 14.7. The van der Waals surface area contributed by atoms with Gasteiger partial charge in [-0.15, -0.1) is 11.3 Å². The zero-order chi connectivity index (χ0) is 18.3. The SMILES string of the molecule is COC(=O)c1cc2sccc2n1Cc1nc(-c2cccc(Br)c2)oc1C. The standard InChI is InChI=1S/C19H15BrN2O3S/c1-11-14(21-18(25-11)12-4-3-5-13(20)8-12)10-22-15-6-7-26-17(15)9-16(22)19(23)24-2/h3-9H,10H2,1-2H3. The van der Waals surface area contributed by atoms with Crippen LogP contribution in [-0.2, 0) is 11.3 Å². The number of carbonyl (C=O) groups excluding carboxylic acids is 1. The van der Waals surface area contributed by atoms with Crippen LogP contribution in [0.1, 0.15) is 21.9 Å². The average molecular weight is 431 g/mol. The minimum Gasteiger partial charge on any atom is -0.464 e. The Morgan fingerprint density at radius 2 is 2.19 bits per heavy atom. The molecule has 4 rings (SSSR count). The summed E-state index contributed by atoms with van der Waals surface area (Å²) in [6.07, 6.45) is 0. The van der Waals surface area contributed by atoms with Crippen LogP contribution >= 0.6 is 27.3 Å². The summed E-state index contributed by atoms with van der Waals surface area (Å²) in [5, 5.41) is 2.00. The van der Waals surface area contributed by atoms with E-state index in [9.17, 15) is 4.79 Å². The quantitative estimate of drug-likeness (QED) is 0.414. The highest BCUT2D eigenvalue weighted by molar-refractivity contribution is 9.10. The fourth-order valence-electron chi connectivity index (χ4n) is 2.89. The number of aromatic nitrogens is 2. The third kappa shape index (κ3) is 2.97. The summed E-state index contributed by atoms with van der Waals surface area (Å²) in [6.45, 7) is 2.32. The summed E-state index contributed by atoms with van der Waals surface area (Å²) >= 11 is 5.06. The molecule has 0 aliphatic carbocycles. The Kier molecular flexibility index (Phi) is 4.42. The van der Waals surface area contributed by atoms with E-state index in [1.807, 2.05) is 53.3 Å². The first-order valence-electron chi connectivity index (χ1n) is 7.94. The number of thiophene rings is 1. The fraction of sp³-hybridized carbons (Fsp3) is 0.158. The maximum Gasteiger partial charge on any atom is 0.354 e. The zero-order valence-electron chi connectivity index (χ0n) is 14.2. The van der Waals surface area contributed by atoms with E-state index in [0.29, 0.717) is 18.1 Å². The van der Waals surface area contributed by atoms with Gasteiger partial charge in [0.25, 0.3) is 0 Å². The number of methoxy groups -OCH3 is 1. The van der Waals surface area contributed by atoms with E-state index in [1.54, 1.807) is 11.3 Å². The van der Waals surface area contributed by atoms with Crippen molar-refractivity contribution in [3.63, 3.8) is 0 Å². The summed E-state index contributed by atoms with van der Waals surface area (Å²) in [6, 6.07) is 11.7. The number of carbonyl (C=O) groups is 1. The lowest BCUT2D eigenvalue weighted by Gasteiger charge is -2.07.